The first kappa shape index (κ1) is 16.2. The van der Waals surface area contributed by atoms with Crippen molar-refractivity contribution in [3.8, 4) is 0 Å². The highest BCUT2D eigenvalue weighted by atomic mass is 16.5. The van der Waals surface area contributed by atoms with E-state index < -0.39 is 0 Å². The normalized spacial score (nSPS) is 20.6. The van der Waals surface area contributed by atoms with Gasteiger partial charge in [-0.25, -0.2) is 0 Å². The molecule has 1 atom stereocenters. The maximum Gasteiger partial charge on any atom is 0.229 e. The standard InChI is InChI=1S/C17H23N5O3/c1-10(2)17-19-16(21-25-17)12-4-3-9-22(12)14(23)8-7-13-18-15(20-24-13)11-5-6-11/h10-12H,3-9H2,1-2H3. The summed E-state index contributed by atoms with van der Waals surface area (Å²) >= 11 is 0. The third-order valence-electron chi connectivity index (χ3n) is 4.80. The summed E-state index contributed by atoms with van der Waals surface area (Å²) in [4.78, 5) is 23.3. The topological polar surface area (TPSA) is 98.2 Å². The van der Waals surface area contributed by atoms with Crippen molar-refractivity contribution in [2.75, 3.05) is 6.54 Å². The minimum atomic E-state index is -0.0894. The molecule has 25 heavy (non-hydrogen) atoms. The van der Waals surface area contributed by atoms with Crippen molar-refractivity contribution in [1.29, 1.82) is 0 Å². The Bertz CT molecular complexity index is 749. The van der Waals surface area contributed by atoms with Crippen LogP contribution in [0.2, 0.25) is 0 Å². The number of carbonyl (C=O) groups is 1. The second-order valence-corrected chi connectivity index (χ2v) is 7.21. The molecule has 2 aromatic rings. The van der Waals surface area contributed by atoms with Gasteiger partial charge in [0.25, 0.3) is 0 Å². The van der Waals surface area contributed by atoms with Gasteiger partial charge in [0.15, 0.2) is 11.6 Å². The van der Waals surface area contributed by atoms with Gasteiger partial charge in [0.1, 0.15) is 0 Å². The van der Waals surface area contributed by atoms with Gasteiger partial charge in [0.05, 0.1) is 6.04 Å². The Kier molecular flexibility index (Phi) is 4.27. The average molecular weight is 345 g/mol. The van der Waals surface area contributed by atoms with E-state index in [0.29, 0.717) is 36.4 Å². The second kappa shape index (κ2) is 6.57. The van der Waals surface area contributed by atoms with E-state index in [1.165, 1.54) is 0 Å². The van der Waals surface area contributed by atoms with Crippen LogP contribution in [0.3, 0.4) is 0 Å². The first-order chi connectivity index (χ1) is 12.1. The molecular weight excluding hydrogens is 322 g/mol. The summed E-state index contributed by atoms with van der Waals surface area (Å²) in [5, 5.41) is 8.07. The van der Waals surface area contributed by atoms with Gasteiger partial charge in [-0.1, -0.05) is 24.2 Å². The summed E-state index contributed by atoms with van der Waals surface area (Å²) in [5.74, 6) is 3.29. The van der Waals surface area contributed by atoms with E-state index in [-0.39, 0.29) is 17.9 Å². The van der Waals surface area contributed by atoms with Gasteiger partial charge in [0, 0.05) is 31.2 Å². The molecule has 0 N–H and O–H groups in total. The van der Waals surface area contributed by atoms with Crippen molar-refractivity contribution in [2.24, 2.45) is 0 Å². The number of aromatic nitrogens is 4. The third kappa shape index (κ3) is 3.43. The Morgan fingerprint density at radius 2 is 1.96 bits per heavy atom. The fraction of sp³-hybridized carbons (Fsp3) is 0.706. The smallest absolute Gasteiger partial charge is 0.229 e. The molecule has 0 aromatic carbocycles. The maximum atomic E-state index is 12.6. The zero-order chi connectivity index (χ0) is 17.4. The molecule has 0 radical (unpaired) electrons. The zero-order valence-corrected chi connectivity index (χ0v) is 14.6. The molecule has 1 unspecified atom stereocenters. The number of carbonyl (C=O) groups excluding carboxylic acids is 1. The van der Waals surface area contributed by atoms with Gasteiger partial charge in [-0.3, -0.25) is 4.79 Å². The largest absolute Gasteiger partial charge is 0.339 e. The summed E-state index contributed by atoms with van der Waals surface area (Å²) in [6.45, 7) is 4.75. The van der Waals surface area contributed by atoms with Gasteiger partial charge in [0.2, 0.25) is 17.7 Å². The Balaban J connectivity index is 1.37. The fourth-order valence-corrected chi connectivity index (χ4v) is 3.19. The van der Waals surface area contributed by atoms with Gasteiger partial charge in [-0.05, 0) is 25.7 Å². The van der Waals surface area contributed by atoms with Crippen LogP contribution in [0.1, 0.15) is 87.3 Å². The number of amides is 1. The molecule has 1 saturated heterocycles. The van der Waals surface area contributed by atoms with E-state index in [9.17, 15) is 4.79 Å². The van der Waals surface area contributed by atoms with E-state index in [2.05, 4.69) is 20.3 Å². The van der Waals surface area contributed by atoms with Crippen LogP contribution in [0.5, 0.6) is 0 Å². The van der Waals surface area contributed by atoms with Crippen molar-refractivity contribution < 1.29 is 13.8 Å². The molecule has 1 aliphatic carbocycles. The van der Waals surface area contributed by atoms with Crippen molar-refractivity contribution >= 4 is 5.91 Å². The van der Waals surface area contributed by atoms with Gasteiger partial charge in [-0.15, -0.1) is 0 Å². The van der Waals surface area contributed by atoms with E-state index in [4.69, 9.17) is 9.05 Å². The number of likely N-dealkylation sites (tertiary alicyclic amines) is 1. The molecule has 3 heterocycles. The van der Waals surface area contributed by atoms with Crippen LogP contribution in [0.15, 0.2) is 9.05 Å². The van der Waals surface area contributed by atoms with Crippen LogP contribution < -0.4 is 0 Å². The monoisotopic (exact) mass is 345 g/mol. The molecule has 2 fully saturated rings. The number of nitrogens with zero attached hydrogens (tertiary/aromatic N) is 5. The molecule has 2 aromatic heterocycles. The minimum Gasteiger partial charge on any atom is -0.339 e. The van der Waals surface area contributed by atoms with E-state index in [1.54, 1.807) is 0 Å². The van der Waals surface area contributed by atoms with Crippen LogP contribution in [0, 0.1) is 0 Å². The van der Waals surface area contributed by atoms with E-state index in [1.807, 2.05) is 18.7 Å². The summed E-state index contributed by atoms with van der Waals surface area (Å²) < 4.78 is 10.5. The summed E-state index contributed by atoms with van der Waals surface area (Å²) in [6, 6.07) is -0.0894. The minimum absolute atomic E-state index is 0.0737. The van der Waals surface area contributed by atoms with Gasteiger partial charge in [-0.2, -0.15) is 9.97 Å². The van der Waals surface area contributed by atoms with Crippen LogP contribution >= 0.6 is 0 Å². The van der Waals surface area contributed by atoms with Crippen molar-refractivity contribution in [3.05, 3.63) is 23.4 Å². The van der Waals surface area contributed by atoms with Crippen molar-refractivity contribution in [3.63, 3.8) is 0 Å². The quantitative estimate of drug-likeness (QED) is 0.794. The highest BCUT2D eigenvalue weighted by Gasteiger charge is 2.34. The molecule has 134 valence electrons. The lowest BCUT2D eigenvalue weighted by Crippen LogP contribution is -2.31. The molecule has 0 spiro atoms. The molecule has 4 rings (SSSR count). The average Bonchev–Trinajstić information content (AvgIpc) is 3.06. The first-order valence-electron chi connectivity index (χ1n) is 9.07. The molecular formula is C17H23N5O3. The summed E-state index contributed by atoms with van der Waals surface area (Å²) in [6.07, 6.45) is 4.93. The van der Waals surface area contributed by atoms with Crippen LogP contribution in [-0.4, -0.2) is 37.6 Å². The van der Waals surface area contributed by atoms with Crippen LogP contribution in [0.4, 0.5) is 0 Å². The number of aryl methyl sites for hydroxylation is 1. The fourth-order valence-electron chi connectivity index (χ4n) is 3.19. The Hall–Kier alpha value is -2.25. The van der Waals surface area contributed by atoms with Crippen molar-refractivity contribution in [2.45, 2.75) is 70.3 Å². The summed E-state index contributed by atoms with van der Waals surface area (Å²) in [7, 11) is 0. The maximum absolute atomic E-state index is 12.6. The zero-order valence-electron chi connectivity index (χ0n) is 14.6. The highest BCUT2D eigenvalue weighted by Crippen LogP contribution is 2.38. The number of hydrogen-bond acceptors (Lipinski definition) is 7. The Labute approximate surface area is 146 Å². The van der Waals surface area contributed by atoms with Crippen LogP contribution in [-0.2, 0) is 11.2 Å². The molecule has 1 amide bonds. The highest BCUT2D eigenvalue weighted by molar-refractivity contribution is 5.77. The summed E-state index contributed by atoms with van der Waals surface area (Å²) in [5.41, 5.74) is 0. The number of rotatable bonds is 6. The molecule has 1 aliphatic heterocycles. The molecule has 8 nitrogen and oxygen atoms in total. The number of hydrogen-bond donors (Lipinski definition) is 0. The van der Waals surface area contributed by atoms with E-state index in [0.717, 1.165) is 38.1 Å². The molecule has 1 saturated carbocycles. The lowest BCUT2D eigenvalue weighted by molar-refractivity contribution is -0.132. The predicted molar refractivity (Wildman–Crippen MR) is 86.7 cm³/mol. The predicted octanol–water partition coefficient (Wildman–Crippen LogP) is 2.75. The second-order valence-electron chi connectivity index (χ2n) is 7.21. The molecule has 2 aliphatic rings. The third-order valence-corrected chi connectivity index (χ3v) is 4.80. The van der Waals surface area contributed by atoms with Gasteiger partial charge >= 0.3 is 0 Å². The SMILES string of the molecule is CC(C)c1nc(C2CCCN2C(=O)CCc2nc(C3CC3)no2)no1. The Morgan fingerprint density at radius 1 is 1.16 bits per heavy atom. The lowest BCUT2D eigenvalue weighted by Gasteiger charge is -2.21. The molecule has 0 bridgehead atoms. The van der Waals surface area contributed by atoms with Crippen LogP contribution in [0.25, 0.3) is 0 Å². The molecule has 8 heteroatoms. The van der Waals surface area contributed by atoms with Crippen molar-refractivity contribution in [1.82, 2.24) is 25.2 Å². The first-order valence-corrected chi connectivity index (χ1v) is 9.07. The lowest BCUT2D eigenvalue weighted by atomic mass is 10.2. The van der Waals surface area contributed by atoms with E-state index >= 15 is 0 Å². The Morgan fingerprint density at radius 3 is 2.68 bits per heavy atom. The van der Waals surface area contributed by atoms with Gasteiger partial charge < -0.3 is 13.9 Å².